The highest BCUT2D eigenvalue weighted by Crippen LogP contribution is 2.41. The number of unbranched alkanes of at least 4 members (excludes halogenated alkanes) is 4. The fourth-order valence-electron chi connectivity index (χ4n) is 11.4. The highest BCUT2D eigenvalue weighted by atomic mass is 28.4. The summed E-state index contributed by atoms with van der Waals surface area (Å²) in [6, 6.07) is 28.2. The normalized spacial score (nSPS) is 22.5. The van der Waals surface area contributed by atoms with Crippen LogP contribution >= 0.6 is 0 Å². The minimum absolute atomic E-state index is 0. The molecule has 2 aliphatic heterocycles. The lowest BCUT2D eigenvalue weighted by Gasteiger charge is -2.43. The van der Waals surface area contributed by atoms with Crippen LogP contribution in [0.2, 0.25) is 36.3 Å². The van der Waals surface area contributed by atoms with Crippen molar-refractivity contribution in [1.82, 2.24) is 0 Å². The fraction of sp³-hybridized carbons (Fsp3) is 0.728. The largest absolute Gasteiger partial charge is 0.459 e. The van der Waals surface area contributed by atoms with Gasteiger partial charge in [-0.25, -0.2) is 9.59 Å². The van der Waals surface area contributed by atoms with Crippen LogP contribution in [0.4, 0.5) is 0 Å². The Bertz CT molecular complexity index is 2730. The molecular formula is C81H136O18Si2. The van der Waals surface area contributed by atoms with Gasteiger partial charge in [0.05, 0.1) is 55.4 Å². The maximum Gasteiger partial charge on any atom is 0.338 e. The van der Waals surface area contributed by atoms with Gasteiger partial charge >= 0.3 is 11.9 Å². The monoisotopic (exact) mass is 1450 g/mol. The molecule has 2 fully saturated rings. The number of ether oxygens (including phenoxy) is 11. The summed E-state index contributed by atoms with van der Waals surface area (Å²) in [5, 5.41) is 9.05. The van der Waals surface area contributed by atoms with Crippen molar-refractivity contribution < 1.29 is 86.7 Å². The number of hydrogen-bond donors (Lipinski definition) is 1. The smallest absolute Gasteiger partial charge is 0.338 e. The number of benzene rings is 3. The van der Waals surface area contributed by atoms with E-state index in [0.29, 0.717) is 121 Å². The summed E-state index contributed by atoms with van der Waals surface area (Å²) in [5.41, 5.74) is 2.23. The Balaban J connectivity index is 0.000000530. The summed E-state index contributed by atoms with van der Waals surface area (Å²) in [6.07, 6.45) is 7.07. The molecule has 0 bridgehead atoms. The second kappa shape index (κ2) is 46.8. The zero-order valence-electron chi connectivity index (χ0n) is 65.3. The first-order valence-corrected chi connectivity index (χ1v) is 43.7. The molecule has 3 aromatic carbocycles. The van der Waals surface area contributed by atoms with E-state index in [1.165, 1.54) is 5.56 Å². The number of hydrogen-bond acceptors (Lipinski definition) is 18. The van der Waals surface area contributed by atoms with E-state index in [2.05, 4.69) is 121 Å². The van der Waals surface area contributed by atoms with Gasteiger partial charge in [0.25, 0.3) is 0 Å². The Morgan fingerprint density at radius 2 is 0.832 bits per heavy atom. The van der Waals surface area contributed by atoms with Crippen molar-refractivity contribution in [2.45, 2.75) is 279 Å². The molecule has 5 rings (SSSR count). The van der Waals surface area contributed by atoms with Gasteiger partial charge in [-0.15, -0.1) is 0 Å². The van der Waals surface area contributed by atoms with Crippen molar-refractivity contribution >= 4 is 40.1 Å². The van der Waals surface area contributed by atoms with Crippen molar-refractivity contribution in [1.29, 1.82) is 0 Å². The van der Waals surface area contributed by atoms with Crippen molar-refractivity contribution in [3.05, 3.63) is 108 Å². The third kappa shape index (κ3) is 33.9. The minimum atomic E-state index is -2.08. The lowest BCUT2D eigenvalue weighted by Crippen LogP contribution is -2.48. The average Bonchev–Trinajstić information content (AvgIpc) is 0.834. The summed E-state index contributed by atoms with van der Waals surface area (Å²) in [4.78, 5) is 50.9. The molecular weight excluding hydrogens is 1320 g/mol. The van der Waals surface area contributed by atoms with Crippen LogP contribution in [-0.4, -0.2) is 161 Å². The number of esters is 2. The third-order valence-electron chi connectivity index (χ3n) is 21.1. The Labute approximate surface area is 612 Å². The van der Waals surface area contributed by atoms with Crippen LogP contribution in [0.25, 0.3) is 0 Å². The van der Waals surface area contributed by atoms with Crippen molar-refractivity contribution in [2.75, 3.05) is 66.1 Å². The molecule has 0 aromatic heterocycles. The van der Waals surface area contributed by atoms with Gasteiger partial charge in [0, 0.05) is 78.6 Å². The number of rotatable bonds is 47. The summed E-state index contributed by atoms with van der Waals surface area (Å²) < 4.78 is 79.1. The van der Waals surface area contributed by atoms with Crippen LogP contribution in [0.15, 0.2) is 91.0 Å². The molecule has 101 heavy (non-hydrogen) atoms. The number of carbonyl (C=O) groups is 4. The quantitative estimate of drug-likeness (QED) is 0.0241. The number of aliphatic hydroxyl groups excluding tert-OH is 1. The van der Waals surface area contributed by atoms with Crippen molar-refractivity contribution in [3.63, 3.8) is 0 Å². The molecule has 576 valence electrons. The lowest BCUT2D eigenvalue weighted by molar-refractivity contribution is -0.254. The Kier molecular flexibility index (Phi) is 41.3. The zero-order valence-corrected chi connectivity index (χ0v) is 67.3. The molecule has 0 spiro atoms. The highest BCUT2D eigenvalue weighted by molar-refractivity contribution is 6.74. The molecule has 0 radical (unpaired) electrons. The molecule has 1 N–H and O–H groups in total. The summed E-state index contributed by atoms with van der Waals surface area (Å²) in [6.45, 7) is 43.7. The lowest BCUT2D eigenvalue weighted by atomic mass is 9.79. The van der Waals surface area contributed by atoms with Crippen LogP contribution < -0.4 is 0 Å². The maximum absolute atomic E-state index is 13.0. The molecule has 14 atom stereocenters. The topological polar surface area (TPSA) is 208 Å². The first kappa shape index (κ1) is 89.3. The molecule has 20 heteroatoms. The van der Waals surface area contributed by atoms with E-state index in [-0.39, 0.29) is 128 Å². The Morgan fingerprint density at radius 1 is 0.465 bits per heavy atom. The molecule has 3 aromatic rings. The standard InChI is InChI=1S/C44H70O9Si.C37H64O9Si.H2/c1-33-34(2)41(32-51-42(46)38-22-14-11-15-23-38)52-43(35(33)3)49-29-17-16-24-39(45)25-26-40(53-54(8,9)44(5,6)7)31-50-36(4)48-28-19-18-27-47-30-37-20-12-10-13-21-37;1-27-28(2)34(26-44-35(40)31-17-11-10-12-18-31)45-36(29(27)3)42-24-15-13-19-32(39)20-21-33(46-47(8,9)37(5,6)7)25-43-30(4)41-23-16-14-22-38;/h10-15,20-23,33-36,40-41,43H,16-19,24-32H2,1-9H3;10-12,17-18,27-30,33-34,36,38H,13-16,19-26H2,1-9H3;1H. The average molecular weight is 1450 g/mol. The van der Waals surface area contributed by atoms with Crippen LogP contribution in [0.1, 0.15) is 215 Å². The molecule has 2 aliphatic rings. The molecule has 2 heterocycles. The van der Waals surface area contributed by atoms with E-state index in [4.69, 9.17) is 66.1 Å². The summed E-state index contributed by atoms with van der Waals surface area (Å²) in [7, 11) is -4.14. The maximum atomic E-state index is 13.0. The van der Waals surface area contributed by atoms with Gasteiger partial charge < -0.3 is 66.1 Å². The predicted octanol–water partition coefficient (Wildman–Crippen LogP) is 17.6. The van der Waals surface area contributed by atoms with Crippen LogP contribution in [-0.2, 0) is 77.2 Å². The number of Topliss-reactive ketones (excluding diaryl/α,β-unsaturated/α-hetero) is 2. The number of carbonyl (C=O) groups excluding carboxylic acids is 4. The van der Waals surface area contributed by atoms with E-state index in [9.17, 15) is 19.2 Å². The minimum Gasteiger partial charge on any atom is -0.459 e. The van der Waals surface area contributed by atoms with Gasteiger partial charge in [-0.1, -0.05) is 150 Å². The van der Waals surface area contributed by atoms with E-state index >= 15 is 0 Å². The molecule has 2 saturated heterocycles. The fourth-order valence-corrected chi connectivity index (χ4v) is 14.2. The highest BCUT2D eigenvalue weighted by Gasteiger charge is 2.43. The SMILES string of the molecule is CC(OCCCCO)OCC(CCC(=O)CCCCOC1OC(COC(=O)c2ccccc2)C(C)C(C)C1C)O[Si](C)(C)C(C)(C)C.CC(OCCCCOCc1ccccc1)OCC(CCC(=O)CCCCOC1OC(COC(=O)c2ccccc2)C(C)C(C)C1C)O[Si](C)(C)C(C)(C)C.[HH]. The first-order chi connectivity index (χ1) is 47.8. The van der Waals surface area contributed by atoms with Crippen LogP contribution in [0, 0.1) is 35.5 Å². The molecule has 0 amide bonds. The summed E-state index contributed by atoms with van der Waals surface area (Å²) >= 11 is 0. The molecule has 0 saturated carbocycles. The molecule has 14 unspecified atom stereocenters. The van der Waals surface area contributed by atoms with E-state index in [0.717, 1.165) is 44.9 Å². The second-order valence-corrected chi connectivity index (χ2v) is 40.7. The van der Waals surface area contributed by atoms with Gasteiger partial charge in [-0.3, -0.25) is 9.59 Å². The van der Waals surface area contributed by atoms with Gasteiger partial charge in [0.2, 0.25) is 0 Å². The van der Waals surface area contributed by atoms with Crippen molar-refractivity contribution in [3.8, 4) is 0 Å². The number of ketones is 2. The third-order valence-corrected chi connectivity index (χ3v) is 30.2. The van der Waals surface area contributed by atoms with Gasteiger partial charge in [-0.05, 0) is 168 Å². The van der Waals surface area contributed by atoms with E-state index in [1.807, 2.05) is 68.4 Å². The van der Waals surface area contributed by atoms with Gasteiger partial charge in [0.15, 0.2) is 41.8 Å². The number of aliphatic hydroxyl groups is 1. The molecule has 18 nitrogen and oxygen atoms in total. The zero-order chi connectivity index (χ0) is 74.6. The second-order valence-electron chi connectivity index (χ2n) is 31.2. The van der Waals surface area contributed by atoms with E-state index in [1.54, 1.807) is 24.3 Å². The van der Waals surface area contributed by atoms with Crippen LogP contribution in [0.3, 0.4) is 0 Å². The van der Waals surface area contributed by atoms with Gasteiger partial charge in [-0.2, -0.15) is 0 Å². The Hall–Kier alpha value is -4.11. The van der Waals surface area contributed by atoms with Crippen LogP contribution in [0.5, 0.6) is 0 Å². The summed E-state index contributed by atoms with van der Waals surface area (Å²) in [5.74, 6) is 1.23. The predicted molar refractivity (Wildman–Crippen MR) is 404 cm³/mol. The Morgan fingerprint density at radius 3 is 1.22 bits per heavy atom. The van der Waals surface area contributed by atoms with Gasteiger partial charge in [0.1, 0.15) is 24.8 Å². The molecule has 0 aliphatic carbocycles. The first-order valence-electron chi connectivity index (χ1n) is 37.9. The van der Waals surface area contributed by atoms with E-state index < -0.39 is 16.6 Å². The van der Waals surface area contributed by atoms with Crippen molar-refractivity contribution in [2.24, 2.45) is 35.5 Å².